The topological polar surface area (TPSA) is 93.8 Å². The van der Waals surface area contributed by atoms with Crippen LogP contribution in [0.15, 0.2) is 9.59 Å². The number of unbranched alkanes of at least 4 members (excludes halogenated alkanes) is 2. The van der Waals surface area contributed by atoms with Crippen LogP contribution in [0.5, 0.6) is 0 Å². The maximum atomic E-state index is 11.7. The van der Waals surface area contributed by atoms with E-state index in [1.807, 2.05) is 0 Å². The highest BCUT2D eigenvalue weighted by Crippen LogP contribution is 2.11. The Balaban J connectivity index is 2.51. The summed E-state index contributed by atoms with van der Waals surface area (Å²) in [5.74, 6) is 0.0459. The number of aromatic nitrogens is 3. The van der Waals surface area contributed by atoms with Crippen LogP contribution in [0.3, 0.4) is 0 Å². The van der Waals surface area contributed by atoms with E-state index in [0.717, 1.165) is 30.6 Å². The largest absolute Gasteiger partial charge is 0.369 e. The zero-order valence-corrected chi connectivity index (χ0v) is 10.3. The Morgan fingerprint density at radius 1 is 1.41 bits per heavy atom. The van der Waals surface area contributed by atoms with Gasteiger partial charge in [-0.25, -0.2) is 0 Å². The van der Waals surface area contributed by atoms with E-state index < -0.39 is 0 Å². The molecular weight excluding hydrogens is 240 g/mol. The van der Waals surface area contributed by atoms with Crippen molar-refractivity contribution in [1.82, 2.24) is 14.5 Å². The molecule has 0 bridgehead atoms. The minimum absolute atomic E-state index is 0.0459. The van der Waals surface area contributed by atoms with Crippen molar-refractivity contribution in [3.8, 4) is 0 Å². The number of thiazole rings is 1. The molecule has 2 heterocycles. The maximum Gasteiger partial charge on any atom is 0.309 e. The van der Waals surface area contributed by atoms with Crippen molar-refractivity contribution in [2.75, 3.05) is 5.73 Å². The number of rotatable bonds is 4. The van der Waals surface area contributed by atoms with Gasteiger partial charge in [0.1, 0.15) is 4.70 Å². The second kappa shape index (κ2) is 4.70. The number of nitrogens with two attached hydrogens (primary N) is 1. The summed E-state index contributed by atoms with van der Waals surface area (Å²) >= 11 is 0.918. The van der Waals surface area contributed by atoms with Crippen LogP contribution in [-0.2, 0) is 6.54 Å². The van der Waals surface area contributed by atoms with Gasteiger partial charge in [-0.05, 0) is 6.42 Å². The fourth-order valence-corrected chi connectivity index (χ4v) is 2.54. The quantitative estimate of drug-likeness (QED) is 0.793. The Bertz CT molecular complexity index is 640. The monoisotopic (exact) mass is 254 g/mol. The van der Waals surface area contributed by atoms with Gasteiger partial charge >= 0.3 is 4.87 Å². The van der Waals surface area contributed by atoms with Crippen molar-refractivity contribution >= 4 is 27.6 Å². The zero-order valence-electron chi connectivity index (χ0n) is 9.52. The molecule has 0 aliphatic carbocycles. The van der Waals surface area contributed by atoms with E-state index in [9.17, 15) is 9.59 Å². The standard InChI is InChI=1S/C10H14N4O2S/c1-2-3-4-5-14-7-6(17-10(14)16)8(15)13-9(11)12-7/h2-5H2,1H3,(H3,11,12,13,15). The van der Waals surface area contributed by atoms with Crippen LogP contribution < -0.4 is 16.2 Å². The first-order valence-electron chi connectivity index (χ1n) is 5.52. The number of aromatic amines is 1. The molecule has 0 saturated carbocycles. The molecule has 3 N–H and O–H groups in total. The lowest BCUT2D eigenvalue weighted by molar-refractivity contribution is 0.606. The van der Waals surface area contributed by atoms with Gasteiger partial charge < -0.3 is 5.73 Å². The highest BCUT2D eigenvalue weighted by atomic mass is 32.1. The molecule has 0 radical (unpaired) electrons. The third-order valence-electron chi connectivity index (χ3n) is 2.53. The number of H-pyrrole nitrogens is 1. The average molecular weight is 254 g/mol. The Kier molecular flexibility index (Phi) is 3.28. The van der Waals surface area contributed by atoms with Crippen molar-refractivity contribution in [2.24, 2.45) is 0 Å². The highest BCUT2D eigenvalue weighted by molar-refractivity contribution is 7.16. The number of nitrogens with zero attached hydrogens (tertiary/aromatic N) is 2. The van der Waals surface area contributed by atoms with Crippen LogP contribution in [-0.4, -0.2) is 14.5 Å². The molecule has 0 spiro atoms. The van der Waals surface area contributed by atoms with E-state index in [4.69, 9.17) is 5.73 Å². The van der Waals surface area contributed by atoms with Gasteiger partial charge in [-0.2, -0.15) is 4.98 Å². The molecule has 0 amide bonds. The predicted octanol–water partition coefficient (Wildman–Crippen LogP) is 0.919. The van der Waals surface area contributed by atoms with Crippen LogP contribution in [0.25, 0.3) is 10.3 Å². The fraction of sp³-hybridized carbons (Fsp3) is 0.500. The number of nitrogen functional groups attached to an aromatic ring is 1. The van der Waals surface area contributed by atoms with Gasteiger partial charge in [0.25, 0.3) is 5.56 Å². The first kappa shape index (κ1) is 11.8. The van der Waals surface area contributed by atoms with Crippen molar-refractivity contribution in [2.45, 2.75) is 32.7 Å². The van der Waals surface area contributed by atoms with Crippen LogP contribution >= 0.6 is 11.3 Å². The molecule has 0 atom stereocenters. The van der Waals surface area contributed by atoms with Crippen LogP contribution in [0.2, 0.25) is 0 Å². The smallest absolute Gasteiger partial charge is 0.309 e. The summed E-state index contributed by atoms with van der Waals surface area (Å²) in [5, 5.41) is 0. The van der Waals surface area contributed by atoms with Crippen molar-refractivity contribution in [1.29, 1.82) is 0 Å². The van der Waals surface area contributed by atoms with Crippen LogP contribution in [0.1, 0.15) is 26.2 Å². The van der Waals surface area contributed by atoms with Gasteiger partial charge in [0.05, 0.1) is 0 Å². The van der Waals surface area contributed by atoms with Crippen molar-refractivity contribution in [3.63, 3.8) is 0 Å². The zero-order chi connectivity index (χ0) is 12.4. The SMILES string of the molecule is CCCCCn1c(=O)sc2c(=O)[nH]c(N)nc21. The summed E-state index contributed by atoms with van der Waals surface area (Å²) in [4.78, 5) is 29.6. The molecule has 6 nitrogen and oxygen atoms in total. The van der Waals surface area contributed by atoms with Crippen molar-refractivity contribution < 1.29 is 0 Å². The van der Waals surface area contributed by atoms with Crippen molar-refractivity contribution in [3.05, 3.63) is 20.0 Å². The highest BCUT2D eigenvalue weighted by Gasteiger charge is 2.12. The molecule has 2 aromatic heterocycles. The third-order valence-corrected chi connectivity index (χ3v) is 3.50. The number of fused-ring (bicyclic) bond motifs is 1. The minimum Gasteiger partial charge on any atom is -0.369 e. The minimum atomic E-state index is -0.344. The molecule has 0 saturated heterocycles. The predicted molar refractivity (Wildman–Crippen MR) is 68.4 cm³/mol. The summed E-state index contributed by atoms with van der Waals surface area (Å²) in [6.45, 7) is 2.68. The van der Waals surface area contributed by atoms with E-state index in [0.29, 0.717) is 16.9 Å². The number of aryl methyl sites for hydroxylation is 1. The maximum absolute atomic E-state index is 11.7. The Hall–Kier alpha value is -1.63. The van der Waals surface area contributed by atoms with Crippen LogP contribution in [0.4, 0.5) is 5.95 Å². The van der Waals surface area contributed by atoms with E-state index in [1.54, 1.807) is 0 Å². The van der Waals surface area contributed by atoms with E-state index in [1.165, 1.54) is 4.57 Å². The second-order valence-corrected chi connectivity index (χ2v) is 4.79. The second-order valence-electron chi connectivity index (χ2n) is 3.83. The molecule has 2 rings (SSSR count). The summed E-state index contributed by atoms with van der Waals surface area (Å²) in [7, 11) is 0. The molecule has 7 heteroatoms. The number of nitrogens with one attached hydrogen (secondary N) is 1. The normalized spacial score (nSPS) is 11.1. The lowest BCUT2D eigenvalue weighted by Gasteiger charge is -2.02. The van der Waals surface area contributed by atoms with Crippen LogP contribution in [0, 0.1) is 0 Å². The Labute approximate surface area is 101 Å². The summed E-state index contributed by atoms with van der Waals surface area (Å²) in [6.07, 6.45) is 3.02. The molecule has 92 valence electrons. The first-order valence-corrected chi connectivity index (χ1v) is 6.34. The summed E-state index contributed by atoms with van der Waals surface area (Å²) in [6, 6.07) is 0. The molecule has 0 aliphatic rings. The molecule has 0 fully saturated rings. The van der Waals surface area contributed by atoms with E-state index in [2.05, 4.69) is 16.9 Å². The average Bonchev–Trinajstić information content (AvgIpc) is 2.57. The fourth-order valence-electron chi connectivity index (χ4n) is 1.69. The lowest BCUT2D eigenvalue weighted by atomic mass is 10.2. The Morgan fingerprint density at radius 3 is 2.88 bits per heavy atom. The van der Waals surface area contributed by atoms with Gasteiger partial charge in [0.2, 0.25) is 5.95 Å². The summed E-state index contributed by atoms with van der Waals surface area (Å²) in [5.41, 5.74) is 5.54. The van der Waals surface area contributed by atoms with E-state index in [-0.39, 0.29) is 16.4 Å². The molecule has 17 heavy (non-hydrogen) atoms. The number of anilines is 1. The molecular formula is C10H14N4O2S. The Morgan fingerprint density at radius 2 is 2.18 bits per heavy atom. The van der Waals surface area contributed by atoms with Gasteiger partial charge in [0, 0.05) is 6.54 Å². The van der Waals surface area contributed by atoms with E-state index >= 15 is 0 Å². The van der Waals surface area contributed by atoms with Gasteiger partial charge in [-0.15, -0.1) is 0 Å². The van der Waals surface area contributed by atoms with Gasteiger partial charge in [-0.1, -0.05) is 31.1 Å². The number of hydrogen-bond donors (Lipinski definition) is 2. The molecule has 0 unspecified atom stereocenters. The summed E-state index contributed by atoms with van der Waals surface area (Å²) < 4.78 is 1.88. The first-order chi connectivity index (χ1) is 8.13. The number of hydrogen-bond acceptors (Lipinski definition) is 5. The molecule has 2 aromatic rings. The lowest BCUT2D eigenvalue weighted by Crippen LogP contribution is -2.15. The van der Waals surface area contributed by atoms with Gasteiger partial charge in [-0.3, -0.25) is 19.1 Å². The molecule has 0 aromatic carbocycles. The van der Waals surface area contributed by atoms with Gasteiger partial charge in [0.15, 0.2) is 5.65 Å². The molecule has 0 aliphatic heterocycles. The third kappa shape index (κ3) is 2.23.